The molecule has 1 heterocycles. The van der Waals surface area contributed by atoms with Gasteiger partial charge in [0.1, 0.15) is 5.70 Å². The number of hydrogen-bond acceptors (Lipinski definition) is 4. The number of nitrogens with one attached hydrogen (secondary N) is 2. The lowest BCUT2D eigenvalue weighted by molar-refractivity contribution is -0.137. The summed E-state index contributed by atoms with van der Waals surface area (Å²) in [5, 5.41) is 14.5. The van der Waals surface area contributed by atoms with Gasteiger partial charge in [-0.05, 0) is 48.7 Å². The maximum absolute atomic E-state index is 12.5. The summed E-state index contributed by atoms with van der Waals surface area (Å²) in [6.45, 7) is 0.368. The fourth-order valence-electron chi connectivity index (χ4n) is 2.35. The molecule has 0 aliphatic carbocycles. The van der Waals surface area contributed by atoms with Crippen molar-refractivity contribution < 1.29 is 23.9 Å². The Labute approximate surface area is 167 Å². The second kappa shape index (κ2) is 10.9. The maximum atomic E-state index is 12.5. The lowest BCUT2D eigenvalue weighted by atomic mass is 10.1. The van der Waals surface area contributed by atoms with E-state index in [1.165, 1.54) is 18.4 Å². The summed E-state index contributed by atoms with van der Waals surface area (Å²) in [6, 6.07) is 9.88. The molecular formula is C20H21ClN2O5. The van der Waals surface area contributed by atoms with Crippen molar-refractivity contribution in [3.63, 3.8) is 0 Å². The van der Waals surface area contributed by atoms with E-state index in [1.807, 2.05) is 0 Å². The molecule has 1 aromatic carbocycles. The Morgan fingerprint density at radius 3 is 2.46 bits per heavy atom. The second-order valence-corrected chi connectivity index (χ2v) is 6.44. The molecule has 3 N–H and O–H groups in total. The topological polar surface area (TPSA) is 109 Å². The van der Waals surface area contributed by atoms with Crippen molar-refractivity contribution in [2.45, 2.75) is 25.7 Å². The molecule has 0 saturated heterocycles. The third-order valence-corrected chi connectivity index (χ3v) is 4.02. The van der Waals surface area contributed by atoms with Crippen molar-refractivity contribution in [1.82, 2.24) is 10.6 Å². The fraction of sp³-hybridized carbons (Fsp3) is 0.250. The number of amides is 2. The van der Waals surface area contributed by atoms with Crippen LogP contribution in [-0.4, -0.2) is 29.4 Å². The monoisotopic (exact) mass is 404 g/mol. The van der Waals surface area contributed by atoms with E-state index < -0.39 is 17.8 Å². The number of carboxylic acid groups (broad SMARTS) is 1. The van der Waals surface area contributed by atoms with Gasteiger partial charge in [0.2, 0.25) is 0 Å². The number of hydrogen-bond donors (Lipinski definition) is 3. The molecule has 0 radical (unpaired) electrons. The number of carbonyl (C=O) groups excluding carboxylic acids is 2. The molecule has 0 aliphatic rings. The smallest absolute Gasteiger partial charge is 0.303 e. The minimum atomic E-state index is -0.835. The number of furan rings is 1. The SMILES string of the molecule is O=C(O)CCCCCNC(=O)/C(=C/c1ccc(Cl)cc1)NC(=O)c1ccco1. The van der Waals surface area contributed by atoms with E-state index in [2.05, 4.69) is 10.6 Å². The molecule has 1 aromatic heterocycles. The molecule has 7 nitrogen and oxygen atoms in total. The molecule has 8 heteroatoms. The first-order valence-electron chi connectivity index (χ1n) is 8.78. The molecule has 148 valence electrons. The Hall–Kier alpha value is -3.06. The van der Waals surface area contributed by atoms with Gasteiger partial charge in [-0.3, -0.25) is 14.4 Å². The van der Waals surface area contributed by atoms with E-state index in [-0.39, 0.29) is 17.9 Å². The summed E-state index contributed by atoms with van der Waals surface area (Å²) in [7, 11) is 0. The third-order valence-electron chi connectivity index (χ3n) is 3.77. The zero-order valence-corrected chi connectivity index (χ0v) is 15.9. The van der Waals surface area contributed by atoms with Crippen molar-refractivity contribution in [3.8, 4) is 0 Å². The van der Waals surface area contributed by atoms with Gasteiger partial charge in [-0.25, -0.2) is 0 Å². The first-order chi connectivity index (χ1) is 13.5. The highest BCUT2D eigenvalue weighted by atomic mass is 35.5. The van der Waals surface area contributed by atoms with Gasteiger partial charge in [-0.2, -0.15) is 0 Å². The van der Waals surface area contributed by atoms with Gasteiger partial charge in [0.05, 0.1) is 6.26 Å². The van der Waals surface area contributed by atoms with Gasteiger partial charge >= 0.3 is 5.97 Å². The molecule has 2 amide bonds. The summed E-state index contributed by atoms with van der Waals surface area (Å²) in [5.41, 5.74) is 0.755. The average Bonchev–Trinajstić information content (AvgIpc) is 3.20. The van der Waals surface area contributed by atoms with Crippen molar-refractivity contribution in [1.29, 1.82) is 0 Å². The average molecular weight is 405 g/mol. The summed E-state index contributed by atoms with van der Waals surface area (Å²) in [5.74, 6) is -1.74. The predicted molar refractivity (Wildman–Crippen MR) is 105 cm³/mol. The van der Waals surface area contributed by atoms with Crippen molar-refractivity contribution >= 4 is 35.5 Å². The molecule has 0 fully saturated rings. The van der Waals surface area contributed by atoms with E-state index in [1.54, 1.807) is 30.3 Å². The first kappa shape index (κ1) is 21.2. The largest absolute Gasteiger partial charge is 0.481 e. The van der Waals surface area contributed by atoms with Crippen LogP contribution in [0.3, 0.4) is 0 Å². The quantitative estimate of drug-likeness (QED) is 0.415. The highest BCUT2D eigenvalue weighted by Gasteiger charge is 2.16. The lowest BCUT2D eigenvalue weighted by Crippen LogP contribution is -2.35. The van der Waals surface area contributed by atoms with Crippen LogP contribution in [-0.2, 0) is 9.59 Å². The molecule has 0 aliphatic heterocycles. The Balaban J connectivity index is 2.00. The summed E-state index contributed by atoms with van der Waals surface area (Å²) in [6.07, 6.45) is 4.88. The molecule has 0 saturated carbocycles. The molecule has 0 spiro atoms. The maximum Gasteiger partial charge on any atom is 0.303 e. The number of aliphatic carboxylic acids is 1. The highest BCUT2D eigenvalue weighted by Crippen LogP contribution is 2.12. The van der Waals surface area contributed by atoms with Gasteiger partial charge in [0.25, 0.3) is 11.8 Å². The lowest BCUT2D eigenvalue weighted by Gasteiger charge is -2.10. The molecular weight excluding hydrogens is 384 g/mol. The molecule has 0 unspecified atom stereocenters. The number of benzene rings is 1. The minimum Gasteiger partial charge on any atom is -0.481 e. The van der Waals surface area contributed by atoms with Crippen LogP contribution < -0.4 is 10.6 Å². The Bertz CT molecular complexity index is 829. The van der Waals surface area contributed by atoms with Crippen LogP contribution in [0, 0.1) is 0 Å². The Morgan fingerprint density at radius 1 is 1.07 bits per heavy atom. The van der Waals surface area contributed by atoms with E-state index >= 15 is 0 Å². The van der Waals surface area contributed by atoms with Crippen LogP contribution in [0.25, 0.3) is 6.08 Å². The molecule has 0 atom stereocenters. The Morgan fingerprint density at radius 2 is 1.82 bits per heavy atom. The predicted octanol–water partition coefficient (Wildman–Crippen LogP) is 3.47. The van der Waals surface area contributed by atoms with E-state index in [0.717, 1.165) is 0 Å². The van der Waals surface area contributed by atoms with Gasteiger partial charge in [-0.15, -0.1) is 0 Å². The molecule has 2 rings (SSSR count). The van der Waals surface area contributed by atoms with Gasteiger partial charge in [0.15, 0.2) is 5.76 Å². The fourth-order valence-corrected chi connectivity index (χ4v) is 2.48. The van der Waals surface area contributed by atoms with E-state index in [9.17, 15) is 14.4 Å². The van der Waals surface area contributed by atoms with E-state index in [0.29, 0.717) is 36.4 Å². The van der Waals surface area contributed by atoms with Crippen molar-refractivity contribution in [2.75, 3.05) is 6.54 Å². The number of carbonyl (C=O) groups is 3. The standard InChI is InChI=1S/C20H21ClN2O5/c21-15-9-7-14(8-10-15)13-16(23-20(27)17-5-4-12-28-17)19(26)22-11-3-1-2-6-18(24)25/h4-5,7-10,12-13H,1-3,6,11H2,(H,22,26)(H,23,27)(H,24,25)/b16-13-. The van der Waals surface area contributed by atoms with Crippen LogP contribution >= 0.6 is 11.6 Å². The molecule has 0 bridgehead atoms. The Kier molecular flexibility index (Phi) is 8.30. The first-order valence-corrected chi connectivity index (χ1v) is 9.15. The van der Waals surface area contributed by atoms with Gasteiger partial charge in [-0.1, -0.05) is 30.2 Å². The van der Waals surface area contributed by atoms with Crippen LogP contribution in [0.5, 0.6) is 0 Å². The zero-order valence-electron chi connectivity index (χ0n) is 15.1. The molecule has 28 heavy (non-hydrogen) atoms. The van der Waals surface area contributed by atoms with Crippen molar-refractivity contribution in [3.05, 3.63) is 64.7 Å². The summed E-state index contributed by atoms with van der Waals surface area (Å²) < 4.78 is 5.05. The van der Waals surface area contributed by atoms with E-state index in [4.69, 9.17) is 21.1 Å². The minimum absolute atomic E-state index is 0.0641. The van der Waals surface area contributed by atoms with Crippen LogP contribution in [0.1, 0.15) is 41.8 Å². The highest BCUT2D eigenvalue weighted by molar-refractivity contribution is 6.30. The van der Waals surface area contributed by atoms with Crippen LogP contribution in [0.2, 0.25) is 5.02 Å². The summed E-state index contributed by atoms with van der Waals surface area (Å²) >= 11 is 5.87. The number of rotatable bonds is 10. The van der Waals surface area contributed by atoms with Crippen LogP contribution in [0.4, 0.5) is 0 Å². The normalized spacial score (nSPS) is 11.1. The molecule has 2 aromatic rings. The number of carboxylic acids is 1. The third kappa shape index (κ3) is 7.28. The van der Waals surface area contributed by atoms with Gasteiger partial charge in [0, 0.05) is 18.0 Å². The number of halogens is 1. The number of unbranched alkanes of at least 4 members (excludes halogenated alkanes) is 2. The second-order valence-electron chi connectivity index (χ2n) is 6.00. The van der Waals surface area contributed by atoms with Crippen molar-refractivity contribution in [2.24, 2.45) is 0 Å². The van der Waals surface area contributed by atoms with Crippen LogP contribution in [0.15, 0.2) is 52.8 Å². The van der Waals surface area contributed by atoms with Gasteiger partial charge < -0.3 is 20.2 Å². The summed E-state index contributed by atoms with van der Waals surface area (Å²) in [4.78, 5) is 35.2. The zero-order chi connectivity index (χ0) is 20.4.